The van der Waals surface area contributed by atoms with Crippen molar-refractivity contribution in [1.29, 1.82) is 5.26 Å². The normalized spacial score (nSPS) is 10.1. The molecule has 0 spiro atoms. The average Bonchev–Trinajstić information content (AvgIpc) is 2.27. The Labute approximate surface area is 106 Å². The minimum atomic E-state index is 0.504. The second kappa shape index (κ2) is 4.28. The van der Waals surface area contributed by atoms with Gasteiger partial charge in [0.1, 0.15) is 6.07 Å². The summed E-state index contributed by atoms with van der Waals surface area (Å²) in [4.78, 5) is 4.19. The molecule has 1 aromatic heterocycles. The maximum atomic E-state index is 8.97. The molecule has 0 atom stereocenters. The van der Waals surface area contributed by atoms with Crippen LogP contribution in [0.1, 0.15) is 5.56 Å². The molecule has 1 heterocycles. The molecule has 5 heteroatoms. The molecular weight excluding hydrogens is 289 g/mol. The average molecular weight is 297 g/mol. The third kappa shape index (κ3) is 1.73. The van der Waals surface area contributed by atoms with Gasteiger partial charge in [-0.15, -0.1) is 0 Å². The van der Waals surface area contributed by atoms with Crippen molar-refractivity contribution < 1.29 is 0 Å². The standard InChI is InChI=1S/C11H7BrClN3/c1-15-10-6(4-14)5-16-11-8(10)2-7(12)3-9(11)13/h2-3,5H,1H3,(H,15,16). The lowest BCUT2D eigenvalue weighted by Crippen LogP contribution is -1.96. The Kier molecular flexibility index (Phi) is 2.99. The number of halogens is 2. The largest absolute Gasteiger partial charge is 0.386 e. The molecule has 3 nitrogen and oxygen atoms in total. The SMILES string of the molecule is CNc1c(C#N)cnc2c(Cl)cc(Br)cc12. The van der Waals surface area contributed by atoms with Gasteiger partial charge in [0.25, 0.3) is 0 Å². The summed E-state index contributed by atoms with van der Waals surface area (Å²) in [6.07, 6.45) is 1.52. The van der Waals surface area contributed by atoms with E-state index in [2.05, 4.69) is 32.3 Å². The summed E-state index contributed by atoms with van der Waals surface area (Å²) in [6, 6.07) is 5.76. The van der Waals surface area contributed by atoms with Crippen LogP contribution in [0.25, 0.3) is 10.9 Å². The van der Waals surface area contributed by atoms with Crippen molar-refractivity contribution in [2.24, 2.45) is 0 Å². The molecule has 0 unspecified atom stereocenters. The Hall–Kier alpha value is -1.31. The Balaban J connectivity index is 2.93. The first kappa shape index (κ1) is 11.2. The summed E-state index contributed by atoms with van der Waals surface area (Å²) in [6.45, 7) is 0. The molecule has 16 heavy (non-hydrogen) atoms. The zero-order valence-electron chi connectivity index (χ0n) is 8.38. The van der Waals surface area contributed by atoms with Crippen molar-refractivity contribution in [3.8, 4) is 6.07 Å². The minimum absolute atomic E-state index is 0.504. The highest BCUT2D eigenvalue weighted by atomic mass is 79.9. The molecule has 0 amide bonds. The molecule has 0 bridgehead atoms. The molecule has 0 aliphatic carbocycles. The number of hydrogen-bond acceptors (Lipinski definition) is 3. The van der Waals surface area contributed by atoms with Crippen molar-refractivity contribution in [3.63, 3.8) is 0 Å². The molecule has 1 aromatic carbocycles. The van der Waals surface area contributed by atoms with E-state index >= 15 is 0 Å². The minimum Gasteiger partial charge on any atom is -0.386 e. The predicted molar refractivity (Wildman–Crippen MR) is 68.7 cm³/mol. The summed E-state index contributed by atoms with van der Waals surface area (Å²) >= 11 is 9.45. The topological polar surface area (TPSA) is 48.7 Å². The molecule has 2 aromatic rings. The Morgan fingerprint density at radius 2 is 2.25 bits per heavy atom. The Morgan fingerprint density at radius 3 is 2.88 bits per heavy atom. The van der Waals surface area contributed by atoms with Gasteiger partial charge in [0.05, 0.1) is 21.8 Å². The van der Waals surface area contributed by atoms with Crippen LogP contribution >= 0.6 is 27.5 Å². The third-order valence-corrected chi connectivity index (χ3v) is 3.01. The number of fused-ring (bicyclic) bond motifs is 1. The molecule has 80 valence electrons. The van der Waals surface area contributed by atoms with Gasteiger partial charge in [0.2, 0.25) is 0 Å². The second-order valence-electron chi connectivity index (χ2n) is 3.19. The van der Waals surface area contributed by atoms with Crippen molar-refractivity contribution in [2.75, 3.05) is 12.4 Å². The van der Waals surface area contributed by atoms with Gasteiger partial charge in [-0.05, 0) is 12.1 Å². The van der Waals surface area contributed by atoms with E-state index in [4.69, 9.17) is 16.9 Å². The van der Waals surface area contributed by atoms with E-state index < -0.39 is 0 Å². The summed E-state index contributed by atoms with van der Waals surface area (Å²) in [5, 5.41) is 13.4. The number of anilines is 1. The van der Waals surface area contributed by atoms with Gasteiger partial charge in [-0.25, -0.2) is 0 Å². The fourth-order valence-corrected chi connectivity index (χ4v) is 2.44. The number of nitrogens with one attached hydrogen (secondary N) is 1. The van der Waals surface area contributed by atoms with Gasteiger partial charge < -0.3 is 5.32 Å². The van der Waals surface area contributed by atoms with Gasteiger partial charge >= 0.3 is 0 Å². The maximum Gasteiger partial charge on any atom is 0.103 e. The molecular formula is C11H7BrClN3. The van der Waals surface area contributed by atoms with E-state index in [9.17, 15) is 0 Å². The smallest absolute Gasteiger partial charge is 0.103 e. The predicted octanol–water partition coefficient (Wildman–Crippen LogP) is 3.56. The van der Waals surface area contributed by atoms with E-state index in [1.807, 2.05) is 6.07 Å². The highest BCUT2D eigenvalue weighted by Gasteiger charge is 2.10. The van der Waals surface area contributed by atoms with Crippen LogP contribution in [-0.4, -0.2) is 12.0 Å². The summed E-state index contributed by atoms with van der Waals surface area (Å²) in [5.74, 6) is 0. The molecule has 0 fully saturated rings. The molecule has 0 aliphatic rings. The fourth-order valence-electron chi connectivity index (χ4n) is 1.58. The van der Waals surface area contributed by atoms with Crippen LogP contribution in [0.2, 0.25) is 5.02 Å². The fraction of sp³-hybridized carbons (Fsp3) is 0.0909. The Bertz CT molecular complexity index is 604. The zero-order valence-corrected chi connectivity index (χ0v) is 10.7. The number of rotatable bonds is 1. The first-order valence-corrected chi connectivity index (χ1v) is 5.70. The van der Waals surface area contributed by atoms with E-state index in [-0.39, 0.29) is 0 Å². The van der Waals surface area contributed by atoms with E-state index in [1.165, 1.54) is 6.20 Å². The number of benzene rings is 1. The molecule has 0 aliphatic heterocycles. The van der Waals surface area contributed by atoms with Gasteiger partial charge in [-0.3, -0.25) is 4.98 Å². The highest BCUT2D eigenvalue weighted by molar-refractivity contribution is 9.10. The molecule has 2 rings (SSSR count). The van der Waals surface area contributed by atoms with Crippen LogP contribution < -0.4 is 5.32 Å². The van der Waals surface area contributed by atoms with Crippen LogP contribution in [0.5, 0.6) is 0 Å². The number of aromatic nitrogens is 1. The number of nitrogens with zero attached hydrogens (tertiary/aromatic N) is 2. The number of nitriles is 1. The number of hydrogen-bond donors (Lipinski definition) is 1. The van der Waals surface area contributed by atoms with Crippen LogP contribution in [0, 0.1) is 11.3 Å². The summed E-state index contributed by atoms with van der Waals surface area (Å²) in [5.41, 5.74) is 1.94. The highest BCUT2D eigenvalue weighted by Crippen LogP contribution is 2.32. The monoisotopic (exact) mass is 295 g/mol. The second-order valence-corrected chi connectivity index (χ2v) is 4.52. The molecule has 0 radical (unpaired) electrons. The van der Waals surface area contributed by atoms with E-state index in [1.54, 1.807) is 13.1 Å². The Morgan fingerprint density at radius 1 is 1.50 bits per heavy atom. The zero-order chi connectivity index (χ0) is 11.7. The van der Waals surface area contributed by atoms with Gasteiger partial charge in [-0.1, -0.05) is 27.5 Å². The van der Waals surface area contributed by atoms with Crippen molar-refractivity contribution >= 4 is 44.1 Å². The van der Waals surface area contributed by atoms with Crippen molar-refractivity contribution in [3.05, 3.63) is 33.4 Å². The van der Waals surface area contributed by atoms with Gasteiger partial charge in [-0.2, -0.15) is 5.26 Å². The van der Waals surface area contributed by atoms with Crippen LogP contribution in [0.4, 0.5) is 5.69 Å². The summed E-state index contributed by atoms with van der Waals surface area (Å²) < 4.78 is 0.860. The van der Waals surface area contributed by atoms with E-state index in [0.29, 0.717) is 16.1 Å². The van der Waals surface area contributed by atoms with Gasteiger partial charge in [0, 0.05) is 23.1 Å². The third-order valence-electron chi connectivity index (χ3n) is 2.26. The van der Waals surface area contributed by atoms with Crippen LogP contribution in [-0.2, 0) is 0 Å². The van der Waals surface area contributed by atoms with Crippen LogP contribution in [0.15, 0.2) is 22.8 Å². The first-order valence-electron chi connectivity index (χ1n) is 4.53. The lowest BCUT2D eigenvalue weighted by molar-refractivity contribution is 1.35. The molecule has 0 saturated carbocycles. The number of pyridine rings is 1. The summed E-state index contributed by atoms with van der Waals surface area (Å²) in [7, 11) is 1.77. The van der Waals surface area contributed by atoms with Crippen LogP contribution in [0.3, 0.4) is 0 Å². The quantitative estimate of drug-likeness (QED) is 0.875. The molecule has 1 N–H and O–H groups in total. The van der Waals surface area contributed by atoms with Crippen molar-refractivity contribution in [2.45, 2.75) is 0 Å². The van der Waals surface area contributed by atoms with Gasteiger partial charge in [0.15, 0.2) is 0 Å². The first-order chi connectivity index (χ1) is 7.67. The van der Waals surface area contributed by atoms with Crippen molar-refractivity contribution in [1.82, 2.24) is 4.98 Å². The van der Waals surface area contributed by atoms with E-state index in [0.717, 1.165) is 15.5 Å². The maximum absolute atomic E-state index is 8.97. The lowest BCUT2D eigenvalue weighted by atomic mass is 10.1. The molecule has 0 saturated heterocycles. The lowest BCUT2D eigenvalue weighted by Gasteiger charge is -2.08.